The van der Waals surface area contributed by atoms with Crippen LogP contribution in [0.3, 0.4) is 0 Å². The van der Waals surface area contributed by atoms with Crippen LogP contribution in [0.5, 0.6) is 11.5 Å². The summed E-state index contributed by atoms with van der Waals surface area (Å²) in [5.41, 5.74) is 1.83. The fourth-order valence-electron chi connectivity index (χ4n) is 5.58. The summed E-state index contributed by atoms with van der Waals surface area (Å²) < 4.78 is 17.8. The zero-order valence-electron chi connectivity index (χ0n) is 28.5. The number of rotatable bonds is 8. The van der Waals surface area contributed by atoms with Crippen molar-refractivity contribution < 1.29 is 33.7 Å². The van der Waals surface area contributed by atoms with Crippen LogP contribution in [-0.4, -0.2) is 91.5 Å². The molecule has 1 aliphatic heterocycles. The topological polar surface area (TPSA) is 130 Å². The van der Waals surface area contributed by atoms with Crippen LogP contribution in [0.2, 0.25) is 0 Å². The van der Waals surface area contributed by atoms with Gasteiger partial charge in [-0.3, -0.25) is 9.59 Å². The lowest BCUT2D eigenvalue weighted by atomic mass is 10.0. The first kappa shape index (κ1) is 36.2. The molecule has 4 rings (SSSR count). The summed E-state index contributed by atoms with van der Waals surface area (Å²) in [5, 5.41) is 15.8. The first-order valence-corrected chi connectivity index (χ1v) is 16.5. The number of aliphatic hydroxyl groups excluding tert-OH is 1. The second-order valence-electron chi connectivity index (χ2n) is 12.4. The predicted molar refractivity (Wildman–Crippen MR) is 186 cm³/mol. The summed E-state index contributed by atoms with van der Waals surface area (Å²) in [7, 11) is 3.32. The van der Waals surface area contributed by atoms with Crippen LogP contribution in [0.4, 0.5) is 16.2 Å². The van der Waals surface area contributed by atoms with Crippen molar-refractivity contribution in [1.82, 2.24) is 9.80 Å². The van der Waals surface area contributed by atoms with Crippen LogP contribution in [0.1, 0.15) is 60.7 Å². The summed E-state index contributed by atoms with van der Waals surface area (Å²) in [5.74, 6) is 0.403. The van der Waals surface area contributed by atoms with Crippen molar-refractivity contribution in [3.05, 3.63) is 83.9 Å². The molecule has 4 amide bonds. The van der Waals surface area contributed by atoms with Crippen molar-refractivity contribution >= 4 is 29.2 Å². The third-order valence-electron chi connectivity index (χ3n) is 8.48. The Bertz CT molecular complexity index is 1500. The molecule has 0 aromatic heterocycles. The zero-order chi connectivity index (χ0) is 34.6. The van der Waals surface area contributed by atoms with Crippen molar-refractivity contribution in [2.45, 2.75) is 58.3 Å². The lowest BCUT2D eigenvalue weighted by Crippen LogP contribution is -2.48. The van der Waals surface area contributed by atoms with Gasteiger partial charge in [0, 0.05) is 49.6 Å². The van der Waals surface area contributed by atoms with Crippen molar-refractivity contribution in [2.24, 2.45) is 5.92 Å². The second-order valence-corrected chi connectivity index (χ2v) is 12.4. The van der Waals surface area contributed by atoms with E-state index >= 15 is 0 Å². The monoisotopic (exact) mass is 660 g/mol. The predicted octanol–water partition coefficient (Wildman–Crippen LogP) is 5.91. The minimum Gasteiger partial charge on any atom is -0.497 e. The van der Waals surface area contributed by atoms with E-state index in [1.807, 2.05) is 32.0 Å². The normalized spacial score (nSPS) is 19.6. The van der Waals surface area contributed by atoms with E-state index in [2.05, 4.69) is 10.6 Å². The summed E-state index contributed by atoms with van der Waals surface area (Å²) in [6, 6.07) is 20.0. The molecule has 1 aliphatic rings. The molecule has 0 fully saturated rings. The number of nitrogens with zero attached hydrogens (tertiary/aromatic N) is 2. The van der Waals surface area contributed by atoms with Crippen LogP contribution >= 0.6 is 0 Å². The van der Waals surface area contributed by atoms with Crippen LogP contribution in [0, 0.1) is 5.92 Å². The number of nitrogens with one attached hydrogen (secondary N) is 2. The summed E-state index contributed by atoms with van der Waals surface area (Å²) >= 11 is 0. The standard InChI is InChI=1S/C37H48N4O7/c1-25-22-41(26(2)24-42)36(44)32-21-30(39-37(45)38-29-14-17-31(46-5)18-15-29)16-19-33(32)48-27(3)11-9-10-20-47-34(25)23-40(4)35(43)28-12-7-6-8-13-28/h6-8,12-19,21,25-27,34,42H,9-11,20,22-24H2,1-5H3,(H2,38,39,45)/t25-,26+,27-,34+/m0/s1. The van der Waals surface area contributed by atoms with Crippen molar-refractivity contribution in [2.75, 3.05) is 51.1 Å². The highest BCUT2D eigenvalue weighted by molar-refractivity contribution is 6.02. The van der Waals surface area contributed by atoms with Crippen molar-refractivity contribution in [3.8, 4) is 11.5 Å². The average molecular weight is 661 g/mol. The largest absolute Gasteiger partial charge is 0.497 e. The number of carbonyl (C=O) groups excluding carboxylic acids is 3. The molecule has 0 radical (unpaired) electrons. The molecule has 0 saturated carbocycles. The number of amides is 4. The number of carbonyl (C=O) groups is 3. The van der Waals surface area contributed by atoms with E-state index in [1.165, 1.54) is 0 Å². The number of anilines is 2. The van der Waals surface area contributed by atoms with Crippen LogP contribution in [0.25, 0.3) is 0 Å². The number of benzene rings is 3. The molecule has 0 spiro atoms. The fourth-order valence-corrected chi connectivity index (χ4v) is 5.58. The van der Waals surface area contributed by atoms with Gasteiger partial charge in [-0.1, -0.05) is 25.1 Å². The van der Waals surface area contributed by atoms with Crippen LogP contribution in [-0.2, 0) is 4.74 Å². The highest BCUT2D eigenvalue weighted by Gasteiger charge is 2.31. The molecule has 48 heavy (non-hydrogen) atoms. The molecule has 3 aromatic carbocycles. The number of hydrogen-bond donors (Lipinski definition) is 3. The highest BCUT2D eigenvalue weighted by atomic mass is 16.5. The van der Waals surface area contributed by atoms with E-state index in [4.69, 9.17) is 14.2 Å². The third-order valence-corrected chi connectivity index (χ3v) is 8.48. The van der Waals surface area contributed by atoms with Gasteiger partial charge in [0.2, 0.25) is 0 Å². The average Bonchev–Trinajstić information content (AvgIpc) is 3.09. The molecule has 0 saturated heterocycles. The molecule has 258 valence electrons. The maximum absolute atomic E-state index is 14.4. The molecule has 0 unspecified atom stereocenters. The maximum atomic E-state index is 14.4. The quantitative estimate of drug-likeness (QED) is 0.274. The number of hydrogen-bond acceptors (Lipinski definition) is 7. The fraction of sp³-hybridized carbons (Fsp3) is 0.432. The number of methoxy groups -OCH3 is 1. The Morgan fingerprint density at radius 1 is 1.02 bits per heavy atom. The maximum Gasteiger partial charge on any atom is 0.323 e. The lowest BCUT2D eigenvalue weighted by molar-refractivity contribution is -0.0149. The number of aliphatic hydroxyl groups is 1. The molecule has 3 aromatic rings. The van der Waals surface area contributed by atoms with Crippen LogP contribution in [0.15, 0.2) is 72.8 Å². The number of likely N-dealkylation sites (N-methyl/N-ethyl adjacent to an activating group) is 1. The Balaban J connectivity index is 1.59. The Hall–Kier alpha value is -4.61. The van der Waals surface area contributed by atoms with Gasteiger partial charge in [0.1, 0.15) is 11.5 Å². The summed E-state index contributed by atoms with van der Waals surface area (Å²) in [6.45, 7) is 6.55. The molecule has 11 heteroatoms. The van der Waals surface area contributed by atoms with Crippen LogP contribution < -0.4 is 20.1 Å². The first-order valence-electron chi connectivity index (χ1n) is 16.5. The van der Waals surface area contributed by atoms with Crippen molar-refractivity contribution in [1.29, 1.82) is 0 Å². The Morgan fingerprint density at radius 3 is 2.40 bits per heavy atom. The van der Waals surface area contributed by atoms with Crippen molar-refractivity contribution in [3.63, 3.8) is 0 Å². The number of urea groups is 1. The van der Waals surface area contributed by atoms with Gasteiger partial charge < -0.3 is 39.8 Å². The summed E-state index contributed by atoms with van der Waals surface area (Å²) in [4.78, 5) is 43.7. The van der Waals surface area contributed by atoms with E-state index in [0.29, 0.717) is 41.6 Å². The molecule has 0 bridgehead atoms. The zero-order valence-corrected chi connectivity index (χ0v) is 28.5. The SMILES string of the molecule is COc1ccc(NC(=O)Nc2ccc3c(c2)C(=O)N([C@H](C)CO)C[C@H](C)[C@@H](CN(C)C(=O)c2ccccc2)OCCCC[C@H](C)O3)cc1. The third kappa shape index (κ3) is 9.95. The Morgan fingerprint density at radius 2 is 1.71 bits per heavy atom. The molecule has 4 atom stereocenters. The van der Waals surface area contributed by atoms with Gasteiger partial charge >= 0.3 is 6.03 Å². The smallest absolute Gasteiger partial charge is 0.323 e. The Kier molecular flexibility index (Phi) is 13.2. The number of ether oxygens (including phenoxy) is 3. The molecule has 3 N–H and O–H groups in total. The van der Waals surface area contributed by atoms with Gasteiger partial charge in [-0.2, -0.15) is 0 Å². The number of fused-ring (bicyclic) bond motifs is 1. The van der Waals surface area contributed by atoms with E-state index in [1.54, 1.807) is 85.5 Å². The molecule has 0 aliphatic carbocycles. The Labute approximate surface area is 283 Å². The van der Waals surface area contributed by atoms with E-state index < -0.39 is 12.1 Å². The second kappa shape index (κ2) is 17.5. The van der Waals surface area contributed by atoms with Gasteiger partial charge in [-0.15, -0.1) is 0 Å². The molecule has 1 heterocycles. The molecular formula is C37H48N4O7. The lowest BCUT2D eigenvalue weighted by Gasteiger charge is -2.36. The van der Waals surface area contributed by atoms with Gasteiger partial charge in [0.25, 0.3) is 11.8 Å². The van der Waals surface area contributed by atoms with E-state index in [9.17, 15) is 19.5 Å². The first-order chi connectivity index (χ1) is 23.1. The van der Waals surface area contributed by atoms with E-state index in [-0.39, 0.29) is 48.7 Å². The van der Waals surface area contributed by atoms with Gasteiger partial charge in [-0.25, -0.2) is 4.79 Å². The molecule has 11 nitrogen and oxygen atoms in total. The van der Waals surface area contributed by atoms with Gasteiger partial charge in [0.15, 0.2) is 0 Å². The van der Waals surface area contributed by atoms with E-state index in [0.717, 1.165) is 19.3 Å². The van der Waals surface area contributed by atoms with Gasteiger partial charge in [0.05, 0.1) is 37.5 Å². The van der Waals surface area contributed by atoms with Gasteiger partial charge in [-0.05, 0) is 87.7 Å². The highest BCUT2D eigenvalue weighted by Crippen LogP contribution is 2.29. The minimum absolute atomic E-state index is 0.113. The minimum atomic E-state index is -0.530. The summed E-state index contributed by atoms with van der Waals surface area (Å²) in [6.07, 6.45) is 1.84. The molecular weight excluding hydrogens is 612 g/mol.